The van der Waals surface area contributed by atoms with E-state index in [1.54, 1.807) is 24.3 Å². The standard InChI is InChI=1S/C16H16N2O2S/c17-15(21)12-3-5-13(6-4-12)16(20)18-14-7-1-11(2-8-14)9-10-19/h1-8,19H,9-10H2,(H2,17,21)(H,18,20). The Morgan fingerprint density at radius 1 is 1.05 bits per heavy atom. The lowest BCUT2D eigenvalue weighted by Gasteiger charge is -2.07. The zero-order valence-electron chi connectivity index (χ0n) is 11.4. The van der Waals surface area contributed by atoms with Gasteiger partial charge in [0, 0.05) is 23.4 Å². The van der Waals surface area contributed by atoms with Crippen molar-refractivity contribution in [2.75, 3.05) is 11.9 Å². The van der Waals surface area contributed by atoms with Gasteiger partial charge in [0.2, 0.25) is 0 Å². The fourth-order valence-corrected chi connectivity index (χ4v) is 2.01. The smallest absolute Gasteiger partial charge is 0.255 e. The summed E-state index contributed by atoms with van der Waals surface area (Å²) in [7, 11) is 0. The second-order valence-electron chi connectivity index (χ2n) is 4.57. The van der Waals surface area contributed by atoms with Crippen LogP contribution >= 0.6 is 12.2 Å². The molecule has 0 fully saturated rings. The third kappa shape index (κ3) is 4.11. The predicted octanol–water partition coefficient (Wildman–Crippen LogP) is 2.11. The van der Waals surface area contributed by atoms with Crippen LogP contribution in [0.5, 0.6) is 0 Å². The molecular weight excluding hydrogens is 284 g/mol. The molecule has 0 heterocycles. The van der Waals surface area contributed by atoms with E-state index in [1.807, 2.05) is 24.3 Å². The SMILES string of the molecule is NC(=S)c1ccc(C(=O)Nc2ccc(CCO)cc2)cc1. The lowest BCUT2D eigenvalue weighted by Crippen LogP contribution is -2.13. The summed E-state index contributed by atoms with van der Waals surface area (Å²) in [6.45, 7) is 0.112. The molecule has 0 saturated heterocycles. The van der Waals surface area contributed by atoms with Crippen molar-refractivity contribution in [1.29, 1.82) is 0 Å². The number of thiocarbonyl (C=S) groups is 1. The number of amides is 1. The Morgan fingerprint density at radius 3 is 2.14 bits per heavy atom. The minimum absolute atomic E-state index is 0.112. The summed E-state index contributed by atoms with van der Waals surface area (Å²) < 4.78 is 0. The topological polar surface area (TPSA) is 75.4 Å². The van der Waals surface area contributed by atoms with E-state index in [0.717, 1.165) is 11.1 Å². The second-order valence-corrected chi connectivity index (χ2v) is 5.01. The van der Waals surface area contributed by atoms with Crippen molar-refractivity contribution < 1.29 is 9.90 Å². The van der Waals surface area contributed by atoms with Crippen LogP contribution in [0.4, 0.5) is 5.69 Å². The van der Waals surface area contributed by atoms with Crippen molar-refractivity contribution in [1.82, 2.24) is 0 Å². The van der Waals surface area contributed by atoms with Gasteiger partial charge in [0.25, 0.3) is 5.91 Å². The minimum Gasteiger partial charge on any atom is -0.396 e. The molecule has 0 unspecified atom stereocenters. The maximum atomic E-state index is 12.1. The van der Waals surface area contributed by atoms with Crippen LogP contribution < -0.4 is 11.1 Å². The third-order valence-electron chi connectivity index (χ3n) is 3.04. The van der Waals surface area contributed by atoms with Gasteiger partial charge in [0.15, 0.2) is 0 Å². The molecule has 0 spiro atoms. The minimum atomic E-state index is -0.195. The summed E-state index contributed by atoms with van der Waals surface area (Å²) in [5, 5.41) is 11.7. The zero-order valence-corrected chi connectivity index (χ0v) is 12.2. The lowest BCUT2D eigenvalue weighted by atomic mass is 10.1. The largest absolute Gasteiger partial charge is 0.396 e. The van der Waals surface area contributed by atoms with Crippen molar-refractivity contribution in [2.24, 2.45) is 5.73 Å². The second kappa shape index (κ2) is 6.97. The zero-order chi connectivity index (χ0) is 15.2. The van der Waals surface area contributed by atoms with Gasteiger partial charge in [-0.1, -0.05) is 36.5 Å². The quantitative estimate of drug-likeness (QED) is 0.739. The van der Waals surface area contributed by atoms with E-state index < -0.39 is 0 Å². The molecule has 0 aliphatic heterocycles. The molecule has 0 atom stereocenters. The molecular formula is C16H16N2O2S. The van der Waals surface area contributed by atoms with Crippen LogP contribution in [0.15, 0.2) is 48.5 Å². The van der Waals surface area contributed by atoms with Crippen molar-refractivity contribution in [2.45, 2.75) is 6.42 Å². The van der Waals surface area contributed by atoms with E-state index in [-0.39, 0.29) is 12.5 Å². The van der Waals surface area contributed by atoms with Crippen LogP contribution in [-0.2, 0) is 6.42 Å². The summed E-state index contributed by atoms with van der Waals surface area (Å²) in [6.07, 6.45) is 0.606. The van der Waals surface area contributed by atoms with E-state index >= 15 is 0 Å². The van der Waals surface area contributed by atoms with Gasteiger partial charge in [-0.2, -0.15) is 0 Å². The summed E-state index contributed by atoms with van der Waals surface area (Å²) in [4.78, 5) is 12.4. The number of carbonyl (C=O) groups is 1. The molecule has 0 aliphatic carbocycles. The molecule has 108 valence electrons. The molecule has 2 aromatic carbocycles. The number of aliphatic hydroxyl groups excluding tert-OH is 1. The highest BCUT2D eigenvalue weighted by atomic mass is 32.1. The van der Waals surface area contributed by atoms with Crippen LogP contribution in [0.3, 0.4) is 0 Å². The Balaban J connectivity index is 2.05. The average Bonchev–Trinajstić information content (AvgIpc) is 2.49. The number of rotatable bonds is 5. The van der Waals surface area contributed by atoms with E-state index in [9.17, 15) is 4.79 Å². The van der Waals surface area contributed by atoms with Crippen molar-refractivity contribution in [3.05, 3.63) is 65.2 Å². The summed E-state index contributed by atoms with van der Waals surface area (Å²) in [5.74, 6) is -0.195. The first-order valence-electron chi connectivity index (χ1n) is 6.51. The average molecular weight is 300 g/mol. The Hall–Kier alpha value is -2.24. The molecule has 21 heavy (non-hydrogen) atoms. The van der Waals surface area contributed by atoms with E-state index in [2.05, 4.69) is 5.32 Å². The molecule has 4 nitrogen and oxygen atoms in total. The van der Waals surface area contributed by atoms with Gasteiger partial charge in [0.1, 0.15) is 4.99 Å². The van der Waals surface area contributed by atoms with Crippen molar-refractivity contribution >= 4 is 28.8 Å². The third-order valence-corrected chi connectivity index (χ3v) is 3.28. The van der Waals surface area contributed by atoms with Gasteiger partial charge in [-0.05, 0) is 36.2 Å². The van der Waals surface area contributed by atoms with Crippen LogP contribution in [0.1, 0.15) is 21.5 Å². The summed E-state index contributed by atoms with van der Waals surface area (Å²) in [6, 6.07) is 14.2. The Kier molecular flexibility index (Phi) is 5.03. The van der Waals surface area contributed by atoms with Crippen LogP contribution in [0, 0.1) is 0 Å². The number of aliphatic hydroxyl groups is 1. The maximum absolute atomic E-state index is 12.1. The number of hydrogen-bond donors (Lipinski definition) is 3. The highest BCUT2D eigenvalue weighted by molar-refractivity contribution is 7.80. The van der Waals surface area contributed by atoms with Gasteiger partial charge in [-0.15, -0.1) is 0 Å². The normalized spacial score (nSPS) is 10.1. The predicted molar refractivity (Wildman–Crippen MR) is 87.5 cm³/mol. The lowest BCUT2D eigenvalue weighted by molar-refractivity contribution is 0.102. The van der Waals surface area contributed by atoms with Gasteiger partial charge in [-0.25, -0.2) is 0 Å². The molecule has 0 bridgehead atoms. The van der Waals surface area contributed by atoms with E-state index in [0.29, 0.717) is 22.7 Å². The number of nitrogens with two attached hydrogens (primary N) is 1. The Labute approximate surface area is 128 Å². The first-order valence-corrected chi connectivity index (χ1v) is 6.92. The molecule has 0 aliphatic rings. The molecule has 0 radical (unpaired) electrons. The number of hydrogen-bond acceptors (Lipinski definition) is 3. The first kappa shape index (κ1) is 15.2. The number of anilines is 1. The maximum Gasteiger partial charge on any atom is 0.255 e. The highest BCUT2D eigenvalue weighted by Gasteiger charge is 2.06. The number of benzene rings is 2. The molecule has 4 N–H and O–H groups in total. The van der Waals surface area contributed by atoms with E-state index in [4.69, 9.17) is 23.1 Å². The highest BCUT2D eigenvalue weighted by Crippen LogP contribution is 2.12. The van der Waals surface area contributed by atoms with Crippen molar-refractivity contribution in [3.8, 4) is 0 Å². The van der Waals surface area contributed by atoms with Crippen LogP contribution in [0.25, 0.3) is 0 Å². The number of carbonyl (C=O) groups excluding carboxylic acids is 1. The van der Waals surface area contributed by atoms with Gasteiger partial charge < -0.3 is 16.2 Å². The van der Waals surface area contributed by atoms with E-state index in [1.165, 1.54) is 0 Å². The molecule has 0 aromatic heterocycles. The van der Waals surface area contributed by atoms with Gasteiger partial charge in [0.05, 0.1) is 0 Å². The Morgan fingerprint density at radius 2 is 1.62 bits per heavy atom. The molecule has 1 amide bonds. The van der Waals surface area contributed by atoms with Crippen LogP contribution in [0.2, 0.25) is 0 Å². The summed E-state index contributed by atoms with van der Waals surface area (Å²) >= 11 is 4.87. The van der Waals surface area contributed by atoms with Gasteiger partial charge in [-0.3, -0.25) is 4.79 Å². The molecule has 5 heteroatoms. The van der Waals surface area contributed by atoms with Crippen molar-refractivity contribution in [3.63, 3.8) is 0 Å². The van der Waals surface area contributed by atoms with Gasteiger partial charge >= 0.3 is 0 Å². The first-order chi connectivity index (χ1) is 10.1. The number of nitrogens with one attached hydrogen (secondary N) is 1. The fraction of sp³-hybridized carbons (Fsp3) is 0.125. The Bertz CT molecular complexity index is 636. The van der Waals surface area contributed by atoms with Crippen LogP contribution in [-0.4, -0.2) is 22.6 Å². The molecule has 2 aromatic rings. The summed E-state index contributed by atoms with van der Waals surface area (Å²) in [5.41, 5.74) is 8.52. The molecule has 0 saturated carbocycles. The fourth-order valence-electron chi connectivity index (χ4n) is 1.87. The molecule has 2 rings (SSSR count). The monoisotopic (exact) mass is 300 g/mol.